The minimum absolute atomic E-state index is 0.330. The largest absolute Gasteiger partial charge is 0.490 e. The van der Waals surface area contributed by atoms with Crippen LogP contribution in [-0.2, 0) is 11.3 Å². The van der Waals surface area contributed by atoms with E-state index < -0.39 is 5.60 Å². The van der Waals surface area contributed by atoms with Crippen molar-refractivity contribution in [2.45, 2.75) is 32.9 Å². The van der Waals surface area contributed by atoms with Crippen LogP contribution in [0.1, 0.15) is 26.3 Å². The van der Waals surface area contributed by atoms with Crippen molar-refractivity contribution in [2.24, 2.45) is 0 Å². The first kappa shape index (κ1) is 14.1. The van der Waals surface area contributed by atoms with Crippen molar-refractivity contribution in [3.63, 3.8) is 0 Å². The maximum absolute atomic E-state index is 12.1. The van der Waals surface area contributed by atoms with Gasteiger partial charge in [-0.25, -0.2) is 4.79 Å². The highest BCUT2D eigenvalue weighted by Gasteiger charge is 2.25. The Morgan fingerprint density at radius 3 is 2.89 bits per heavy atom. The van der Waals surface area contributed by atoms with Gasteiger partial charge >= 0.3 is 6.09 Å². The van der Waals surface area contributed by atoms with Crippen molar-refractivity contribution in [3.8, 4) is 5.75 Å². The second kappa shape index (κ2) is 5.36. The second-order valence-corrected chi connectivity index (χ2v) is 6.21. The molecule has 0 aromatic carbocycles. The Morgan fingerprint density at radius 1 is 1.47 bits per heavy atom. The minimum Gasteiger partial charge on any atom is -0.490 e. The SMILES string of the molecule is CC(C)(C)OC(=O)N1CCOc2c(Br)cncc2C1. The Hall–Kier alpha value is -1.30. The number of halogens is 1. The van der Waals surface area contributed by atoms with Crippen molar-refractivity contribution in [2.75, 3.05) is 13.2 Å². The summed E-state index contributed by atoms with van der Waals surface area (Å²) in [6.07, 6.45) is 3.06. The third-order valence-corrected chi connectivity index (χ3v) is 3.11. The topological polar surface area (TPSA) is 51.7 Å². The fourth-order valence-corrected chi connectivity index (χ4v) is 2.25. The highest BCUT2D eigenvalue weighted by atomic mass is 79.9. The summed E-state index contributed by atoms with van der Waals surface area (Å²) in [6.45, 7) is 6.93. The van der Waals surface area contributed by atoms with Crippen LogP contribution < -0.4 is 4.74 Å². The first-order valence-electron chi connectivity index (χ1n) is 6.10. The van der Waals surface area contributed by atoms with Gasteiger partial charge in [0.25, 0.3) is 0 Å². The van der Waals surface area contributed by atoms with Gasteiger partial charge in [0.05, 0.1) is 17.6 Å². The fourth-order valence-electron chi connectivity index (χ4n) is 1.76. The smallest absolute Gasteiger partial charge is 0.410 e. The molecule has 0 atom stereocenters. The summed E-state index contributed by atoms with van der Waals surface area (Å²) < 4.78 is 11.8. The number of ether oxygens (including phenoxy) is 2. The molecule has 0 aliphatic carbocycles. The van der Waals surface area contributed by atoms with Crippen molar-refractivity contribution in [1.29, 1.82) is 0 Å². The lowest BCUT2D eigenvalue weighted by atomic mass is 10.2. The number of rotatable bonds is 0. The van der Waals surface area contributed by atoms with E-state index in [0.29, 0.717) is 19.7 Å². The first-order chi connectivity index (χ1) is 8.87. The predicted octanol–water partition coefficient (Wildman–Crippen LogP) is 2.97. The number of hydrogen-bond donors (Lipinski definition) is 0. The van der Waals surface area contributed by atoms with E-state index in [4.69, 9.17) is 9.47 Å². The van der Waals surface area contributed by atoms with Gasteiger partial charge in [-0.15, -0.1) is 0 Å². The first-order valence-corrected chi connectivity index (χ1v) is 6.89. The van der Waals surface area contributed by atoms with Crippen molar-refractivity contribution in [1.82, 2.24) is 9.88 Å². The van der Waals surface area contributed by atoms with Gasteiger partial charge in [0, 0.05) is 18.0 Å². The van der Waals surface area contributed by atoms with E-state index in [0.717, 1.165) is 15.8 Å². The maximum Gasteiger partial charge on any atom is 0.410 e. The van der Waals surface area contributed by atoms with Gasteiger partial charge in [-0.3, -0.25) is 4.98 Å². The van der Waals surface area contributed by atoms with E-state index in [1.807, 2.05) is 20.8 Å². The number of amides is 1. The number of hydrogen-bond acceptors (Lipinski definition) is 4. The van der Waals surface area contributed by atoms with E-state index in [-0.39, 0.29) is 6.09 Å². The quantitative estimate of drug-likeness (QED) is 0.734. The summed E-state index contributed by atoms with van der Waals surface area (Å²) in [5.41, 5.74) is 0.375. The molecule has 6 heteroatoms. The monoisotopic (exact) mass is 328 g/mol. The van der Waals surface area contributed by atoms with Crippen LogP contribution in [0.4, 0.5) is 4.79 Å². The Labute approximate surface area is 121 Å². The maximum atomic E-state index is 12.1. The number of carbonyl (C=O) groups is 1. The molecule has 2 rings (SSSR count). The lowest BCUT2D eigenvalue weighted by Gasteiger charge is -2.25. The molecule has 0 saturated heterocycles. The summed E-state index contributed by atoms with van der Waals surface area (Å²) in [4.78, 5) is 17.8. The van der Waals surface area contributed by atoms with Crippen LogP contribution >= 0.6 is 15.9 Å². The lowest BCUT2D eigenvalue weighted by Crippen LogP contribution is -2.37. The van der Waals surface area contributed by atoms with Crippen LogP contribution in [0.25, 0.3) is 0 Å². The molecule has 1 aliphatic heterocycles. The summed E-state index contributed by atoms with van der Waals surface area (Å²) in [7, 11) is 0. The standard InChI is InChI=1S/C13H17BrN2O3/c1-13(2,3)19-12(17)16-4-5-18-11-9(8-16)6-15-7-10(11)14/h6-7H,4-5,8H2,1-3H3. The van der Waals surface area contributed by atoms with Crippen molar-refractivity contribution in [3.05, 3.63) is 22.4 Å². The molecular formula is C13H17BrN2O3. The average molecular weight is 329 g/mol. The Bertz CT molecular complexity index is 485. The summed E-state index contributed by atoms with van der Waals surface area (Å²) in [5, 5.41) is 0. The molecule has 104 valence electrons. The van der Waals surface area contributed by atoms with Gasteiger partial charge < -0.3 is 14.4 Å². The van der Waals surface area contributed by atoms with Gasteiger partial charge in [0.2, 0.25) is 0 Å². The highest BCUT2D eigenvalue weighted by molar-refractivity contribution is 9.10. The molecule has 0 N–H and O–H groups in total. The zero-order chi connectivity index (χ0) is 14.0. The minimum atomic E-state index is -0.497. The average Bonchev–Trinajstić information content (AvgIpc) is 2.50. The van der Waals surface area contributed by atoms with E-state index in [2.05, 4.69) is 20.9 Å². The molecule has 0 saturated carbocycles. The summed E-state index contributed by atoms with van der Waals surface area (Å²) >= 11 is 3.40. The van der Waals surface area contributed by atoms with Crippen LogP contribution in [-0.4, -0.2) is 34.7 Å². The van der Waals surface area contributed by atoms with Crippen LogP contribution in [0.2, 0.25) is 0 Å². The van der Waals surface area contributed by atoms with E-state index in [9.17, 15) is 4.79 Å². The Kier molecular flexibility index (Phi) is 3.99. The number of fused-ring (bicyclic) bond motifs is 1. The highest BCUT2D eigenvalue weighted by Crippen LogP contribution is 2.30. The number of pyridine rings is 1. The van der Waals surface area contributed by atoms with E-state index >= 15 is 0 Å². The molecule has 0 bridgehead atoms. The molecule has 1 aliphatic rings. The fraction of sp³-hybridized carbons (Fsp3) is 0.538. The normalized spacial score (nSPS) is 15.3. The van der Waals surface area contributed by atoms with E-state index in [1.54, 1.807) is 17.3 Å². The second-order valence-electron chi connectivity index (χ2n) is 5.36. The molecule has 1 amide bonds. The van der Waals surface area contributed by atoms with Gasteiger partial charge in [-0.2, -0.15) is 0 Å². The molecule has 0 spiro atoms. The molecule has 1 aromatic heterocycles. The molecule has 19 heavy (non-hydrogen) atoms. The van der Waals surface area contributed by atoms with Crippen LogP contribution in [0.3, 0.4) is 0 Å². The van der Waals surface area contributed by atoms with E-state index in [1.165, 1.54) is 0 Å². The van der Waals surface area contributed by atoms with Crippen LogP contribution in [0.15, 0.2) is 16.9 Å². The summed E-state index contributed by atoms with van der Waals surface area (Å²) in [6, 6.07) is 0. The van der Waals surface area contributed by atoms with Crippen LogP contribution in [0, 0.1) is 0 Å². The molecule has 0 unspecified atom stereocenters. The third-order valence-electron chi connectivity index (χ3n) is 2.55. The molecule has 0 fully saturated rings. The van der Waals surface area contributed by atoms with Crippen molar-refractivity contribution < 1.29 is 14.3 Å². The Morgan fingerprint density at radius 2 is 2.21 bits per heavy atom. The summed E-state index contributed by atoms with van der Waals surface area (Å²) in [5.74, 6) is 0.751. The number of carbonyl (C=O) groups excluding carboxylic acids is 1. The van der Waals surface area contributed by atoms with Crippen LogP contribution in [0.5, 0.6) is 5.75 Å². The predicted molar refractivity (Wildman–Crippen MR) is 74.1 cm³/mol. The third kappa shape index (κ3) is 3.59. The number of aromatic nitrogens is 1. The van der Waals surface area contributed by atoms with Gasteiger partial charge in [0.15, 0.2) is 0 Å². The Balaban J connectivity index is 2.16. The van der Waals surface area contributed by atoms with Gasteiger partial charge in [-0.05, 0) is 36.7 Å². The zero-order valence-corrected chi connectivity index (χ0v) is 12.9. The molecule has 1 aromatic rings. The molecule has 0 radical (unpaired) electrons. The van der Waals surface area contributed by atoms with Gasteiger partial charge in [-0.1, -0.05) is 0 Å². The number of nitrogens with zero attached hydrogens (tertiary/aromatic N) is 2. The zero-order valence-electron chi connectivity index (χ0n) is 11.3. The van der Waals surface area contributed by atoms with Gasteiger partial charge in [0.1, 0.15) is 18.0 Å². The molecular weight excluding hydrogens is 312 g/mol. The molecule has 5 nitrogen and oxygen atoms in total. The molecule has 2 heterocycles. The lowest BCUT2D eigenvalue weighted by molar-refractivity contribution is 0.0225. The van der Waals surface area contributed by atoms with Crippen molar-refractivity contribution >= 4 is 22.0 Å².